The van der Waals surface area contributed by atoms with Crippen LogP contribution in [-0.4, -0.2) is 27.1 Å². The van der Waals surface area contributed by atoms with E-state index in [0.29, 0.717) is 15.2 Å². The van der Waals surface area contributed by atoms with E-state index in [1.54, 1.807) is 18.2 Å². The van der Waals surface area contributed by atoms with Crippen LogP contribution in [0.4, 0.5) is 20.2 Å². The van der Waals surface area contributed by atoms with Crippen LogP contribution in [0.2, 0.25) is 5.02 Å². The molecule has 27 heavy (non-hydrogen) atoms. The Kier molecular flexibility index (Phi) is 7.19. The fraction of sp³-hybridized carbons (Fsp3) is 0.235. The number of hydrogen-bond acceptors (Lipinski definition) is 3. The van der Waals surface area contributed by atoms with Gasteiger partial charge in [-0.1, -0.05) is 11.6 Å². The summed E-state index contributed by atoms with van der Waals surface area (Å²) < 4.78 is 52.0. The van der Waals surface area contributed by atoms with Crippen LogP contribution >= 0.6 is 27.5 Å². The van der Waals surface area contributed by atoms with Gasteiger partial charge in [-0.25, -0.2) is 17.2 Å². The normalized spacial score (nSPS) is 11.3. The molecule has 0 aromatic heterocycles. The number of carbonyl (C=O) groups is 1. The molecule has 5 nitrogen and oxygen atoms in total. The molecule has 0 heterocycles. The summed E-state index contributed by atoms with van der Waals surface area (Å²) in [5.74, 6) is -2.54. The minimum absolute atomic E-state index is 0.00324. The van der Waals surface area contributed by atoms with Gasteiger partial charge in [-0.15, -0.1) is 0 Å². The van der Waals surface area contributed by atoms with E-state index in [1.807, 2.05) is 0 Å². The topological polar surface area (TPSA) is 66.5 Å². The molecule has 146 valence electrons. The summed E-state index contributed by atoms with van der Waals surface area (Å²) in [6.45, 7) is -0.0571. The minimum Gasteiger partial charge on any atom is -0.326 e. The molecule has 1 N–H and O–H groups in total. The van der Waals surface area contributed by atoms with Gasteiger partial charge in [-0.3, -0.25) is 9.10 Å². The maximum absolute atomic E-state index is 13.4. The Bertz CT molecular complexity index is 957. The lowest BCUT2D eigenvalue weighted by molar-refractivity contribution is -0.116. The monoisotopic (exact) mass is 480 g/mol. The molecule has 0 aliphatic rings. The summed E-state index contributed by atoms with van der Waals surface area (Å²) in [5.41, 5.74) is 0.505. The smallest absolute Gasteiger partial charge is 0.232 e. The van der Waals surface area contributed by atoms with Crippen LogP contribution < -0.4 is 9.62 Å². The number of nitrogens with one attached hydrogen (secondary N) is 1. The molecule has 0 aliphatic carbocycles. The Morgan fingerprint density at radius 1 is 1.19 bits per heavy atom. The van der Waals surface area contributed by atoms with Crippen molar-refractivity contribution in [2.45, 2.75) is 12.8 Å². The second kappa shape index (κ2) is 8.99. The number of rotatable bonds is 7. The lowest BCUT2D eigenvalue weighted by Crippen LogP contribution is -2.31. The lowest BCUT2D eigenvalue weighted by atomic mass is 10.2. The number of halogens is 4. The predicted octanol–water partition coefficient (Wildman–Crippen LogP) is 4.57. The van der Waals surface area contributed by atoms with Gasteiger partial charge in [0.1, 0.15) is 0 Å². The van der Waals surface area contributed by atoms with Crippen molar-refractivity contribution in [2.24, 2.45) is 0 Å². The fourth-order valence-electron chi connectivity index (χ4n) is 2.31. The lowest BCUT2D eigenvalue weighted by Gasteiger charge is -2.22. The zero-order chi connectivity index (χ0) is 20.2. The van der Waals surface area contributed by atoms with E-state index in [1.165, 1.54) is 6.07 Å². The SMILES string of the molecule is CS(=O)(=O)N(CCCC(=O)Nc1ccc(Br)c(Cl)c1)c1ccc(F)c(F)c1. The largest absolute Gasteiger partial charge is 0.326 e. The molecule has 0 bridgehead atoms. The predicted molar refractivity (Wildman–Crippen MR) is 106 cm³/mol. The minimum atomic E-state index is -3.72. The average Bonchev–Trinajstić information content (AvgIpc) is 2.57. The number of anilines is 2. The maximum Gasteiger partial charge on any atom is 0.232 e. The highest BCUT2D eigenvalue weighted by Gasteiger charge is 2.19. The Hall–Kier alpha value is -1.71. The molecule has 0 saturated heterocycles. The molecule has 0 unspecified atom stereocenters. The Labute approximate surface area is 169 Å². The molecule has 0 atom stereocenters. The Balaban J connectivity index is 1.99. The first-order chi connectivity index (χ1) is 12.6. The average molecular weight is 482 g/mol. The maximum atomic E-state index is 13.4. The van der Waals surface area contributed by atoms with Crippen LogP contribution in [0.3, 0.4) is 0 Å². The molecule has 1 amide bonds. The van der Waals surface area contributed by atoms with Crippen LogP contribution in [0.1, 0.15) is 12.8 Å². The van der Waals surface area contributed by atoms with Gasteiger partial charge in [-0.2, -0.15) is 0 Å². The van der Waals surface area contributed by atoms with Crippen molar-refractivity contribution in [1.29, 1.82) is 0 Å². The van der Waals surface area contributed by atoms with Crippen LogP contribution in [-0.2, 0) is 14.8 Å². The Morgan fingerprint density at radius 2 is 1.89 bits per heavy atom. The number of benzene rings is 2. The number of nitrogens with zero attached hydrogens (tertiary/aromatic N) is 1. The Morgan fingerprint density at radius 3 is 2.48 bits per heavy atom. The number of sulfonamides is 1. The first-order valence-corrected chi connectivity index (χ1v) is 10.8. The zero-order valence-corrected chi connectivity index (χ0v) is 17.3. The van der Waals surface area contributed by atoms with Gasteiger partial charge in [0.15, 0.2) is 11.6 Å². The van der Waals surface area contributed by atoms with E-state index < -0.39 is 21.7 Å². The van der Waals surface area contributed by atoms with Gasteiger partial charge in [0.2, 0.25) is 15.9 Å². The first kappa shape index (κ1) is 21.6. The highest BCUT2D eigenvalue weighted by atomic mass is 79.9. The van der Waals surface area contributed by atoms with Gasteiger partial charge in [0.05, 0.1) is 17.0 Å². The van der Waals surface area contributed by atoms with E-state index in [2.05, 4.69) is 21.2 Å². The van der Waals surface area contributed by atoms with Gasteiger partial charge >= 0.3 is 0 Å². The van der Waals surface area contributed by atoms with Crippen molar-refractivity contribution in [1.82, 2.24) is 0 Å². The molecule has 10 heteroatoms. The van der Waals surface area contributed by atoms with E-state index in [4.69, 9.17) is 11.6 Å². The number of amides is 1. The molecule has 2 aromatic carbocycles. The summed E-state index contributed by atoms with van der Waals surface area (Å²) in [7, 11) is -3.72. The van der Waals surface area contributed by atoms with Crippen LogP contribution in [0.15, 0.2) is 40.9 Å². The van der Waals surface area contributed by atoms with Crippen molar-refractivity contribution in [3.63, 3.8) is 0 Å². The summed E-state index contributed by atoms with van der Waals surface area (Å²) in [6, 6.07) is 7.76. The fourth-order valence-corrected chi connectivity index (χ4v) is 3.69. The second-order valence-corrected chi connectivity index (χ2v) is 8.88. The third kappa shape index (κ3) is 6.15. The molecule has 0 saturated carbocycles. The highest BCUT2D eigenvalue weighted by Crippen LogP contribution is 2.26. The summed E-state index contributed by atoms with van der Waals surface area (Å²) in [4.78, 5) is 12.0. The third-order valence-electron chi connectivity index (χ3n) is 3.56. The van der Waals surface area contributed by atoms with E-state index in [-0.39, 0.29) is 31.0 Å². The van der Waals surface area contributed by atoms with Crippen LogP contribution in [0, 0.1) is 11.6 Å². The van der Waals surface area contributed by atoms with E-state index in [9.17, 15) is 22.0 Å². The van der Waals surface area contributed by atoms with Crippen molar-refractivity contribution in [2.75, 3.05) is 22.4 Å². The zero-order valence-electron chi connectivity index (χ0n) is 14.2. The second-order valence-electron chi connectivity index (χ2n) is 5.71. The molecule has 2 aromatic rings. The first-order valence-electron chi connectivity index (χ1n) is 7.75. The molecular formula is C17H16BrClF2N2O3S. The molecular weight excluding hydrogens is 466 g/mol. The molecule has 0 radical (unpaired) electrons. The molecule has 0 spiro atoms. The summed E-state index contributed by atoms with van der Waals surface area (Å²) in [5, 5.41) is 3.10. The molecule has 2 rings (SSSR count). The van der Waals surface area contributed by atoms with E-state index >= 15 is 0 Å². The van der Waals surface area contributed by atoms with Crippen molar-refractivity contribution in [3.8, 4) is 0 Å². The highest BCUT2D eigenvalue weighted by molar-refractivity contribution is 9.10. The van der Waals surface area contributed by atoms with Crippen LogP contribution in [0.25, 0.3) is 0 Å². The molecule has 0 aliphatic heterocycles. The van der Waals surface area contributed by atoms with Crippen molar-refractivity contribution >= 4 is 54.8 Å². The van der Waals surface area contributed by atoms with E-state index in [0.717, 1.165) is 22.7 Å². The third-order valence-corrected chi connectivity index (χ3v) is 5.99. The quantitative estimate of drug-likeness (QED) is 0.630. The van der Waals surface area contributed by atoms with Gasteiger partial charge < -0.3 is 5.32 Å². The van der Waals surface area contributed by atoms with Crippen molar-refractivity contribution in [3.05, 3.63) is 57.5 Å². The molecule has 0 fully saturated rings. The van der Waals surface area contributed by atoms with Gasteiger partial charge in [-0.05, 0) is 52.7 Å². The van der Waals surface area contributed by atoms with Gasteiger partial charge in [0, 0.05) is 29.2 Å². The standard InChI is InChI=1S/C17H16BrClF2N2O3S/c1-27(25,26)23(12-5-7-15(20)16(21)10-12)8-2-3-17(24)22-11-4-6-13(18)14(19)9-11/h4-7,9-10H,2-3,8H2,1H3,(H,22,24). The van der Waals surface area contributed by atoms with Crippen LogP contribution in [0.5, 0.6) is 0 Å². The van der Waals surface area contributed by atoms with Gasteiger partial charge in [0.25, 0.3) is 0 Å². The van der Waals surface area contributed by atoms with Crippen molar-refractivity contribution < 1.29 is 22.0 Å². The number of hydrogen-bond donors (Lipinski definition) is 1. The summed E-state index contributed by atoms with van der Waals surface area (Å²) >= 11 is 9.20. The summed E-state index contributed by atoms with van der Waals surface area (Å²) in [6.07, 6.45) is 1.17. The number of carbonyl (C=O) groups excluding carboxylic acids is 1.